The van der Waals surface area contributed by atoms with Crippen LogP contribution in [0.25, 0.3) is 0 Å². The molecule has 0 aromatic rings. The van der Waals surface area contributed by atoms with Gasteiger partial charge in [0, 0.05) is 6.42 Å². The Bertz CT molecular complexity index is 1360. The number of carbonyl (C=O) groups is 1. The molecule has 4 heteroatoms. The number of allylic oxidation sites excluding steroid dienone is 13. The Morgan fingerprint density at radius 2 is 0.584 bits per heavy atom. The molecule has 0 fully saturated rings. The zero-order valence-corrected chi connectivity index (χ0v) is 51.7. The molecule has 0 aliphatic heterocycles. The smallest absolute Gasteiger partial charge is 0.220 e. The van der Waals surface area contributed by atoms with E-state index in [1.807, 2.05) is 6.08 Å². The lowest BCUT2D eigenvalue weighted by molar-refractivity contribution is -0.123. The van der Waals surface area contributed by atoms with Crippen molar-refractivity contribution in [1.29, 1.82) is 0 Å². The summed E-state index contributed by atoms with van der Waals surface area (Å²) in [6, 6.07) is -0.643. The van der Waals surface area contributed by atoms with Crippen molar-refractivity contribution in [1.82, 2.24) is 5.32 Å². The van der Waals surface area contributed by atoms with Crippen LogP contribution in [-0.2, 0) is 4.79 Å². The molecule has 1 amide bonds. The SMILES string of the molecule is CC/C=C\C/C=C\C/C=C\C/C=C\C/C=C\CCCCCCCCCCCCCCCCCCCCCC(=O)NC(CO)C(O)/C=C/CC/C=C/CCCCCCCCCCCCCCCCCCCCCCCCCC. The van der Waals surface area contributed by atoms with Crippen LogP contribution in [0.15, 0.2) is 85.1 Å². The molecule has 77 heavy (non-hydrogen) atoms. The standard InChI is InChI=1S/C73H133NO3/c1-3-5-7-9-11-13-15-17-19-21-23-25-27-29-31-33-35-36-37-38-39-41-43-45-47-49-51-53-55-57-59-61-63-65-67-69-73(77)74-71(70-75)72(76)68-66-64-62-60-58-56-54-52-50-48-46-44-42-40-34-32-30-28-26-24-22-20-18-16-14-12-10-8-6-4-2/h5,7,11,13,17,19,23,25,29,31,58,60,66,68,71-72,75-76H,3-4,6,8-10,12,14-16,18,20-22,24,26-28,30,32-57,59,61-65,67,69-70H2,1-2H3,(H,74,77)/b7-5-,13-11-,19-17-,25-23-,31-29-,60-58+,68-66+. The highest BCUT2D eigenvalue weighted by Crippen LogP contribution is 2.18. The summed E-state index contributed by atoms with van der Waals surface area (Å²) < 4.78 is 0. The van der Waals surface area contributed by atoms with Crippen molar-refractivity contribution in [2.24, 2.45) is 0 Å². The van der Waals surface area contributed by atoms with E-state index >= 15 is 0 Å². The van der Waals surface area contributed by atoms with Crippen molar-refractivity contribution in [2.75, 3.05) is 6.61 Å². The highest BCUT2D eigenvalue weighted by molar-refractivity contribution is 5.76. The topological polar surface area (TPSA) is 69.6 Å². The molecule has 448 valence electrons. The summed E-state index contributed by atoms with van der Waals surface area (Å²) in [5.41, 5.74) is 0. The number of amides is 1. The van der Waals surface area contributed by atoms with Crippen molar-refractivity contribution < 1.29 is 15.0 Å². The van der Waals surface area contributed by atoms with E-state index in [0.717, 1.165) is 64.2 Å². The van der Waals surface area contributed by atoms with Gasteiger partial charge < -0.3 is 15.5 Å². The van der Waals surface area contributed by atoms with Gasteiger partial charge in [0.05, 0.1) is 18.8 Å². The monoisotopic (exact) mass is 1070 g/mol. The number of aliphatic hydroxyl groups excluding tert-OH is 2. The number of unbranched alkanes of at least 4 members (excludes halogenated alkanes) is 44. The Morgan fingerprint density at radius 1 is 0.325 bits per heavy atom. The van der Waals surface area contributed by atoms with E-state index < -0.39 is 12.1 Å². The lowest BCUT2D eigenvalue weighted by atomic mass is 10.0. The van der Waals surface area contributed by atoms with Crippen LogP contribution in [0.1, 0.15) is 354 Å². The quantitative estimate of drug-likeness (QED) is 0.0420. The van der Waals surface area contributed by atoms with Gasteiger partial charge in [-0.2, -0.15) is 0 Å². The van der Waals surface area contributed by atoms with Crippen molar-refractivity contribution in [2.45, 2.75) is 366 Å². The van der Waals surface area contributed by atoms with Gasteiger partial charge in [-0.05, 0) is 77.0 Å². The first-order valence-corrected chi connectivity index (χ1v) is 34.3. The average Bonchev–Trinajstić information content (AvgIpc) is 3.43. The van der Waals surface area contributed by atoms with E-state index in [1.165, 1.54) is 270 Å². The Hall–Kier alpha value is -2.43. The minimum absolute atomic E-state index is 0.0698. The summed E-state index contributed by atoms with van der Waals surface area (Å²) in [6.07, 6.45) is 99.5. The van der Waals surface area contributed by atoms with Crippen molar-refractivity contribution in [3.63, 3.8) is 0 Å². The second kappa shape index (κ2) is 67.8. The van der Waals surface area contributed by atoms with Gasteiger partial charge in [0.2, 0.25) is 5.91 Å². The molecule has 0 aromatic carbocycles. The maximum atomic E-state index is 12.5. The average molecular weight is 1070 g/mol. The molecule has 0 aromatic heterocycles. The van der Waals surface area contributed by atoms with Crippen LogP contribution in [0.5, 0.6) is 0 Å². The zero-order valence-electron chi connectivity index (χ0n) is 51.7. The van der Waals surface area contributed by atoms with Crippen LogP contribution in [0, 0.1) is 0 Å². The maximum absolute atomic E-state index is 12.5. The summed E-state index contributed by atoms with van der Waals surface area (Å²) in [6.45, 7) is 4.22. The molecule has 3 N–H and O–H groups in total. The number of carbonyl (C=O) groups excluding carboxylic acids is 1. The fourth-order valence-corrected chi connectivity index (χ4v) is 10.5. The Labute approximate surface area is 481 Å². The minimum atomic E-state index is -0.866. The molecule has 2 unspecified atom stereocenters. The van der Waals surface area contributed by atoms with E-state index in [9.17, 15) is 15.0 Å². The normalized spacial score (nSPS) is 13.2. The van der Waals surface area contributed by atoms with Crippen molar-refractivity contribution in [3.05, 3.63) is 85.1 Å². The molecule has 0 spiro atoms. The number of nitrogens with one attached hydrogen (secondary N) is 1. The molecular formula is C73H133NO3. The van der Waals surface area contributed by atoms with Crippen LogP contribution >= 0.6 is 0 Å². The van der Waals surface area contributed by atoms with Gasteiger partial charge in [-0.25, -0.2) is 0 Å². The summed E-state index contributed by atoms with van der Waals surface area (Å²) >= 11 is 0. The third-order valence-electron chi connectivity index (χ3n) is 15.6. The van der Waals surface area contributed by atoms with E-state index in [4.69, 9.17) is 0 Å². The van der Waals surface area contributed by atoms with E-state index in [2.05, 4.69) is 92.1 Å². The Balaban J connectivity index is 3.48. The van der Waals surface area contributed by atoms with Gasteiger partial charge in [-0.15, -0.1) is 0 Å². The predicted molar refractivity (Wildman–Crippen MR) is 345 cm³/mol. The highest BCUT2D eigenvalue weighted by atomic mass is 16.3. The molecule has 4 nitrogen and oxygen atoms in total. The van der Waals surface area contributed by atoms with E-state index in [0.29, 0.717) is 6.42 Å². The summed E-state index contributed by atoms with van der Waals surface area (Å²) in [4.78, 5) is 12.5. The molecular weight excluding hydrogens is 939 g/mol. The Morgan fingerprint density at radius 3 is 0.909 bits per heavy atom. The van der Waals surface area contributed by atoms with Crippen LogP contribution in [0.4, 0.5) is 0 Å². The predicted octanol–water partition coefficient (Wildman–Crippen LogP) is 23.4. The molecule has 0 bridgehead atoms. The maximum Gasteiger partial charge on any atom is 0.220 e. The van der Waals surface area contributed by atoms with Crippen LogP contribution in [0.2, 0.25) is 0 Å². The van der Waals surface area contributed by atoms with Gasteiger partial charge in [0.1, 0.15) is 0 Å². The summed E-state index contributed by atoms with van der Waals surface area (Å²) in [7, 11) is 0. The summed E-state index contributed by atoms with van der Waals surface area (Å²) in [5, 5.41) is 23.3. The fraction of sp³-hybridized carbons (Fsp3) is 0.795. The van der Waals surface area contributed by atoms with Crippen molar-refractivity contribution in [3.8, 4) is 0 Å². The van der Waals surface area contributed by atoms with Gasteiger partial charge in [-0.1, -0.05) is 356 Å². The Kier molecular flexibility index (Phi) is 65.7. The lowest BCUT2D eigenvalue weighted by Gasteiger charge is -2.19. The number of hydrogen-bond acceptors (Lipinski definition) is 3. The van der Waals surface area contributed by atoms with Gasteiger partial charge >= 0.3 is 0 Å². The third kappa shape index (κ3) is 64.3. The van der Waals surface area contributed by atoms with Crippen LogP contribution in [-0.4, -0.2) is 34.9 Å². The molecule has 2 atom stereocenters. The molecule has 0 radical (unpaired) electrons. The largest absolute Gasteiger partial charge is 0.394 e. The van der Waals surface area contributed by atoms with Crippen molar-refractivity contribution >= 4 is 5.91 Å². The minimum Gasteiger partial charge on any atom is -0.394 e. The lowest BCUT2D eigenvalue weighted by Crippen LogP contribution is -2.45. The first kappa shape index (κ1) is 74.6. The molecule has 0 saturated heterocycles. The van der Waals surface area contributed by atoms with E-state index in [1.54, 1.807) is 6.08 Å². The first-order valence-electron chi connectivity index (χ1n) is 34.3. The number of hydrogen-bond donors (Lipinski definition) is 3. The fourth-order valence-electron chi connectivity index (χ4n) is 10.5. The third-order valence-corrected chi connectivity index (χ3v) is 15.6. The number of rotatable bonds is 63. The van der Waals surface area contributed by atoms with Gasteiger partial charge in [-0.3, -0.25) is 4.79 Å². The first-order chi connectivity index (χ1) is 38.2. The number of aliphatic hydroxyl groups is 2. The summed E-state index contributed by atoms with van der Waals surface area (Å²) in [5.74, 6) is -0.0698. The molecule has 0 aliphatic rings. The molecule has 0 saturated carbocycles. The molecule has 0 heterocycles. The molecule has 0 rings (SSSR count). The highest BCUT2D eigenvalue weighted by Gasteiger charge is 2.18. The second-order valence-corrected chi connectivity index (χ2v) is 23.2. The van der Waals surface area contributed by atoms with Crippen LogP contribution in [0.3, 0.4) is 0 Å². The second-order valence-electron chi connectivity index (χ2n) is 23.2. The zero-order chi connectivity index (χ0) is 55.5. The van der Waals surface area contributed by atoms with Crippen LogP contribution < -0.4 is 5.32 Å². The van der Waals surface area contributed by atoms with Gasteiger partial charge in [0.25, 0.3) is 0 Å². The van der Waals surface area contributed by atoms with Gasteiger partial charge in [0.15, 0.2) is 0 Å². The van der Waals surface area contributed by atoms with E-state index in [-0.39, 0.29) is 12.5 Å². The molecule has 0 aliphatic carbocycles.